The number of carbonyl (C=O) groups is 1. The predicted molar refractivity (Wildman–Crippen MR) is 90.1 cm³/mol. The van der Waals surface area contributed by atoms with Crippen LogP contribution in [0.4, 0.5) is 0 Å². The Bertz CT molecular complexity index is 817. The third-order valence-electron chi connectivity index (χ3n) is 3.89. The van der Waals surface area contributed by atoms with Crippen LogP contribution in [-0.4, -0.2) is 16.9 Å². The first-order valence-corrected chi connectivity index (χ1v) is 7.48. The van der Waals surface area contributed by atoms with Crippen LogP contribution in [0.5, 0.6) is 0 Å². The highest BCUT2D eigenvalue weighted by molar-refractivity contribution is 6.09. The van der Waals surface area contributed by atoms with Gasteiger partial charge in [0.05, 0.1) is 6.54 Å². The highest BCUT2D eigenvalue weighted by atomic mass is 16.1. The number of fused-ring (bicyclic) bond motifs is 1. The zero-order valence-electron chi connectivity index (χ0n) is 13.0. The largest absolute Gasteiger partial charge is 0.350 e. The molecule has 1 aromatic heterocycles. The molecule has 3 aromatic rings. The van der Waals surface area contributed by atoms with Gasteiger partial charge in [0.1, 0.15) is 0 Å². The molecule has 0 spiro atoms. The van der Waals surface area contributed by atoms with E-state index in [9.17, 15) is 4.79 Å². The van der Waals surface area contributed by atoms with Gasteiger partial charge in [0, 0.05) is 36.3 Å². The van der Waals surface area contributed by atoms with Gasteiger partial charge in [-0.05, 0) is 18.6 Å². The van der Waals surface area contributed by atoms with Crippen molar-refractivity contribution in [1.29, 1.82) is 0 Å². The van der Waals surface area contributed by atoms with Gasteiger partial charge in [-0.25, -0.2) is 0 Å². The maximum Gasteiger partial charge on any atom is 0.178 e. The summed E-state index contributed by atoms with van der Waals surface area (Å²) in [6.45, 7) is 3.13. The number of Topliss-reactive ketones (excluding diaryl/α,β-unsaturated/α-hetero) is 1. The van der Waals surface area contributed by atoms with Crippen molar-refractivity contribution in [2.45, 2.75) is 13.5 Å². The summed E-state index contributed by atoms with van der Waals surface area (Å²) in [7, 11) is 1.97. The summed E-state index contributed by atoms with van der Waals surface area (Å²) in [6.07, 6.45) is 1.92. The van der Waals surface area contributed by atoms with E-state index in [0.29, 0.717) is 13.1 Å². The Morgan fingerprint density at radius 1 is 1.14 bits per heavy atom. The van der Waals surface area contributed by atoms with Crippen LogP contribution in [0.3, 0.4) is 0 Å². The summed E-state index contributed by atoms with van der Waals surface area (Å²) in [5, 5.41) is 4.26. The predicted octanol–water partition coefficient (Wildman–Crippen LogP) is 3.46. The first kappa shape index (κ1) is 14.5. The van der Waals surface area contributed by atoms with Gasteiger partial charge >= 0.3 is 0 Å². The molecular weight excluding hydrogens is 272 g/mol. The Balaban J connectivity index is 1.69. The number of para-hydroxylation sites is 1. The van der Waals surface area contributed by atoms with Crippen molar-refractivity contribution in [2.75, 3.05) is 6.54 Å². The van der Waals surface area contributed by atoms with Crippen LogP contribution in [0.1, 0.15) is 21.5 Å². The van der Waals surface area contributed by atoms with E-state index in [0.717, 1.165) is 16.5 Å². The second-order valence-corrected chi connectivity index (χ2v) is 5.69. The Labute approximate surface area is 130 Å². The van der Waals surface area contributed by atoms with E-state index in [4.69, 9.17) is 0 Å². The van der Waals surface area contributed by atoms with E-state index in [2.05, 4.69) is 30.4 Å². The van der Waals surface area contributed by atoms with E-state index in [1.807, 2.05) is 48.1 Å². The minimum absolute atomic E-state index is 0.129. The molecule has 0 fully saturated rings. The van der Waals surface area contributed by atoms with Crippen LogP contribution in [0.25, 0.3) is 10.9 Å². The number of nitrogens with zero attached hydrogens (tertiary/aromatic N) is 1. The number of ketones is 1. The van der Waals surface area contributed by atoms with Crippen LogP contribution in [0, 0.1) is 6.92 Å². The van der Waals surface area contributed by atoms with Gasteiger partial charge in [-0.15, -0.1) is 0 Å². The second kappa shape index (κ2) is 6.16. The van der Waals surface area contributed by atoms with Crippen LogP contribution < -0.4 is 5.32 Å². The SMILES string of the molecule is Cc1cccc(CNCC(=O)c2cn(C)c3ccccc23)c1. The van der Waals surface area contributed by atoms with Crippen molar-refractivity contribution in [2.24, 2.45) is 7.05 Å². The molecule has 1 N–H and O–H groups in total. The summed E-state index contributed by atoms with van der Waals surface area (Å²) in [4.78, 5) is 12.5. The lowest BCUT2D eigenvalue weighted by Gasteiger charge is -2.05. The lowest BCUT2D eigenvalue weighted by molar-refractivity contribution is 0.0992. The first-order valence-electron chi connectivity index (χ1n) is 7.48. The van der Waals surface area contributed by atoms with Gasteiger partial charge in [0.15, 0.2) is 5.78 Å². The van der Waals surface area contributed by atoms with Crippen LogP contribution in [0.2, 0.25) is 0 Å². The van der Waals surface area contributed by atoms with E-state index in [1.54, 1.807) is 0 Å². The molecule has 0 amide bonds. The number of nitrogens with one attached hydrogen (secondary N) is 1. The monoisotopic (exact) mass is 292 g/mol. The normalized spacial score (nSPS) is 11.0. The molecule has 0 aliphatic rings. The highest BCUT2D eigenvalue weighted by Gasteiger charge is 2.12. The number of hydrogen-bond donors (Lipinski definition) is 1. The maximum absolute atomic E-state index is 12.5. The summed E-state index contributed by atoms with van der Waals surface area (Å²) in [5.74, 6) is 0.129. The minimum Gasteiger partial charge on any atom is -0.350 e. The molecule has 0 saturated carbocycles. The lowest BCUT2D eigenvalue weighted by Crippen LogP contribution is -2.22. The molecule has 22 heavy (non-hydrogen) atoms. The summed E-state index contributed by atoms with van der Waals surface area (Å²) in [5.41, 5.74) is 4.31. The standard InChI is InChI=1S/C19H20N2O/c1-14-6-5-7-15(10-14)11-20-12-19(22)17-13-21(2)18-9-4-3-8-16(17)18/h3-10,13,20H,11-12H2,1-2H3. The Morgan fingerprint density at radius 2 is 1.95 bits per heavy atom. The molecule has 1 heterocycles. The molecule has 0 atom stereocenters. The molecule has 0 radical (unpaired) electrons. The molecule has 0 aliphatic carbocycles. The Kier molecular flexibility index (Phi) is 4.07. The van der Waals surface area contributed by atoms with Gasteiger partial charge in [-0.2, -0.15) is 0 Å². The fraction of sp³-hybridized carbons (Fsp3) is 0.211. The number of hydrogen-bond acceptors (Lipinski definition) is 2. The van der Waals surface area contributed by atoms with Gasteiger partial charge < -0.3 is 9.88 Å². The molecule has 0 aliphatic heterocycles. The average Bonchev–Trinajstić information content (AvgIpc) is 2.85. The molecular formula is C19H20N2O. The second-order valence-electron chi connectivity index (χ2n) is 5.69. The van der Waals surface area contributed by atoms with E-state index in [1.165, 1.54) is 11.1 Å². The number of benzene rings is 2. The molecule has 3 nitrogen and oxygen atoms in total. The third-order valence-corrected chi connectivity index (χ3v) is 3.89. The molecule has 112 valence electrons. The molecule has 0 unspecified atom stereocenters. The molecule has 3 rings (SSSR count). The van der Waals surface area contributed by atoms with Crippen LogP contribution in [0.15, 0.2) is 54.7 Å². The number of aryl methyl sites for hydroxylation is 2. The Morgan fingerprint density at radius 3 is 2.77 bits per heavy atom. The molecule has 3 heteroatoms. The smallest absolute Gasteiger partial charge is 0.178 e. The van der Waals surface area contributed by atoms with Crippen molar-refractivity contribution in [3.8, 4) is 0 Å². The Hall–Kier alpha value is -2.39. The fourth-order valence-electron chi connectivity index (χ4n) is 2.80. The van der Waals surface area contributed by atoms with Gasteiger partial charge in [-0.3, -0.25) is 4.79 Å². The first-order chi connectivity index (χ1) is 10.6. The quantitative estimate of drug-likeness (QED) is 0.731. The van der Waals surface area contributed by atoms with Crippen LogP contribution in [-0.2, 0) is 13.6 Å². The molecule has 2 aromatic carbocycles. The third kappa shape index (κ3) is 2.95. The topological polar surface area (TPSA) is 34.0 Å². The zero-order chi connectivity index (χ0) is 15.5. The number of rotatable bonds is 5. The van der Waals surface area contributed by atoms with Gasteiger partial charge in [0.25, 0.3) is 0 Å². The maximum atomic E-state index is 12.5. The van der Waals surface area contributed by atoms with E-state index >= 15 is 0 Å². The average molecular weight is 292 g/mol. The van der Waals surface area contributed by atoms with Crippen molar-refractivity contribution in [3.05, 3.63) is 71.4 Å². The van der Waals surface area contributed by atoms with Crippen molar-refractivity contribution in [1.82, 2.24) is 9.88 Å². The van der Waals surface area contributed by atoms with Crippen molar-refractivity contribution >= 4 is 16.7 Å². The summed E-state index contributed by atoms with van der Waals surface area (Å²) >= 11 is 0. The van der Waals surface area contributed by atoms with E-state index < -0.39 is 0 Å². The molecule has 0 saturated heterocycles. The minimum atomic E-state index is 0.129. The van der Waals surface area contributed by atoms with Crippen molar-refractivity contribution in [3.63, 3.8) is 0 Å². The van der Waals surface area contributed by atoms with Crippen LogP contribution >= 0.6 is 0 Å². The lowest BCUT2D eigenvalue weighted by atomic mass is 10.1. The number of aromatic nitrogens is 1. The fourth-order valence-corrected chi connectivity index (χ4v) is 2.80. The number of carbonyl (C=O) groups excluding carboxylic acids is 1. The molecule has 0 bridgehead atoms. The van der Waals surface area contributed by atoms with Crippen molar-refractivity contribution < 1.29 is 4.79 Å². The summed E-state index contributed by atoms with van der Waals surface area (Å²) < 4.78 is 2.00. The van der Waals surface area contributed by atoms with Gasteiger partial charge in [-0.1, -0.05) is 48.0 Å². The zero-order valence-corrected chi connectivity index (χ0v) is 13.0. The van der Waals surface area contributed by atoms with E-state index in [-0.39, 0.29) is 5.78 Å². The summed E-state index contributed by atoms with van der Waals surface area (Å²) in [6, 6.07) is 16.3. The van der Waals surface area contributed by atoms with Gasteiger partial charge in [0.2, 0.25) is 0 Å². The highest BCUT2D eigenvalue weighted by Crippen LogP contribution is 2.20.